The average molecular weight is 338 g/mol. The average Bonchev–Trinajstić information content (AvgIpc) is 2.66. The van der Waals surface area contributed by atoms with Crippen LogP contribution in [0.3, 0.4) is 0 Å². The van der Waals surface area contributed by atoms with Crippen molar-refractivity contribution in [1.29, 1.82) is 0 Å². The first-order valence-corrected chi connectivity index (χ1v) is 7.68. The number of hydrogen-bond acceptors (Lipinski definition) is 2. The summed E-state index contributed by atoms with van der Waals surface area (Å²) in [7, 11) is 0. The zero-order chi connectivity index (χ0) is 14.0. The van der Waals surface area contributed by atoms with Crippen molar-refractivity contribution in [2.75, 3.05) is 0 Å². The third-order valence-electron chi connectivity index (χ3n) is 3.01. The number of carbonyl (C=O) groups excluding carboxylic acids is 1. The fourth-order valence-electron chi connectivity index (χ4n) is 1.80. The fourth-order valence-corrected chi connectivity index (χ4v) is 3.47. The Morgan fingerprint density at radius 3 is 2.58 bits per heavy atom. The number of carbonyl (C=O) groups is 1. The summed E-state index contributed by atoms with van der Waals surface area (Å²) in [5.41, 5.74) is 3.09. The molecule has 0 fully saturated rings. The van der Waals surface area contributed by atoms with Gasteiger partial charge in [-0.15, -0.1) is 11.3 Å². The highest BCUT2D eigenvalue weighted by Crippen LogP contribution is 2.21. The van der Waals surface area contributed by atoms with Crippen molar-refractivity contribution >= 4 is 33.2 Å². The molecular weight excluding hydrogens is 322 g/mol. The number of rotatable bonds is 3. The fraction of sp³-hybridized carbons (Fsp3) is 0.267. The van der Waals surface area contributed by atoms with Crippen LogP contribution in [-0.2, 0) is 6.54 Å². The molecule has 2 nitrogen and oxygen atoms in total. The number of halogens is 1. The van der Waals surface area contributed by atoms with E-state index in [1.165, 1.54) is 15.3 Å². The van der Waals surface area contributed by atoms with Crippen molar-refractivity contribution in [1.82, 2.24) is 5.32 Å². The third kappa shape index (κ3) is 3.45. The van der Waals surface area contributed by atoms with Crippen LogP contribution in [0.2, 0.25) is 0 Å². The van der Waals surface area contributed by atoms with Crippen molar-refractivity contribution in [3.05, 3.63) is 55.2 Å². The van der Waals surface area contributed by atoms with Crippen LogP contribution in [0.1, 0.15) is 31.2 Å². The van der Waals surface area contributed by atoms with Crippen molar-refractivity contribution in [2.24, 2.45) is 0 Å². The lowest BCUT2D eigenvalue weighted by molar-refractivity contribution is 0.0950. The third-order valence-corrected chi connectivity index (χ3v) is 4.82. The Kier molecular flexibility index (Phi) is 4.42. The molecule has 0 unspecified atom stereocenters. The molecule has 0 aliphatic rings. The molecule has 1 aromatic heterocycles. The van der Waals surface area contributed by atoms with Crippen molar-refractivity contribution < 1.29 is 4.79 Å². The van der Waals surface area contributed by atoms with Crippen LogP contribution < -0.4 is 5.32 Å². The quantitative estimate of drug-likeness (QED) is 0.885. The lowest BCUT2D eigenvalue weighted by Crippen LogP contribution is -2.22. The van der Waals surface area contributed by atoms with Crippen molar-refractivity contribution in [3.63, 3.8) is 0 Å². The largest absolute Gasteiger partial charge is 0.347 e. The molecule has 100 valence electrons. The van der Waals surface area contributed by atoms with Gasteiger partial charge in [-0.2, -0.15) is 0 Å². The van der Waals surface area contributed by atoms with E-state index in [2.05, 4.69) is 41.2 Å². The smallest absolute Gasteiger partial charge is 0.252 e. The number of amides is 1. The minimum Gasteiger partial charge on any atom is -0.347 e. The number of benzene rings is 1. The summed E-state index contributed by atoms with van der Waals surface area (Å²) in [5, 5.41) is 2.96. The Balaban J connectivity index is 2.05. The molecular formula is C15H16BrNOS. The van der Waals surface area contributed by atoms with Gasteiger partial charge in [0.05, 0.1) is 12.1 Å². The standard InChI is InChI=1S/C15H16BrNOS/c1-9-4-5-13(14(16)6-9)15(18)17-8-12-7-10(2)11(3)19-12/h4-7H,8H2,1-3H3,(H,17,18). The number of thiophene rings is 1. The predicted octanol–water partition coefficient (Wildman–Crippen LogP) is 4.37. The molecule has 4 heteroatoms. The van der Waals surface area contributed by atoms with Crippen LogP contribution >= 0.6 is 27.3 Å². The topological polar surface area (TPSA) is 29.1 Å². The normalized spacial score (nSPS) is 10.5. The van der Waals surface area contributed by atoms with E-state index in [1.807, 2.05) is 25.1 Å². The molecule has 0 spiro atoms. The molecule has 0 bridgehead atoms. The maximum Gasteiger partial charge on any atom is 0.252 e. The summed E-state index contributed by atoms with van der Waals surface area (Å²) in [5.74, 6) is -0.0458. The first kappa shape index (κ1) is 14.3. The first-order valence-electron chi connectivity index (χ1n) is 6.07. The van der Waals surface area contributed by atoms with E-state index in [1.54, 1.807) is 11.3 Å². The molecule has 1 heterocycles. The summed E-state index contributed by atoms with van der Waals surface area (Å²) >= 11 is 5.16. The highest BCUT2D eigenvalue weighted by atomic mass is 79.9. The number of hydrogen-bond donors (Lipinski definition) is 1. The van der Waals surface area contributed by atoms with E-state index in [0.717, 1.165) is 10.0 Å². The van der Waals surface area contributed by atoms with Gasteiger partial charge in [0.1, 0.15) is 0 Å². The molecule has 1 amide bonds. The Bertz CT molecular complexity index is 599. The minimum absolute atomic E-state index is 0.0458. The van der Waals surface area contributed by atoms with Crippen LogP contribution in [0.25, 0.3) is 0 Å². The Hall–Kier alpha value is -1.13. The summed E-state index contributed by atoms with van der Waals surface area (Å²) in [6.07, 6.45) is 0. The molecule has 0 aliphatic carbocycles. The second-order valence-electron chi connectivity index (χ2n) is 4.62. The van der Waals surface area contributed by atoms with E-state index >= 15 is 0 Å². The lowest BCUT2D eigenvalue weighted by atomic mass is 10.1. The molecule has 2 rings (SSSR count). The van der Waals surface area contributed by atoms with Gasteiger partial charge in [-0.25, -0.2) is 0 Å². The van der Waals surface area contributed by atoms with Gasteiger partial charge in [-0.3, -0.25) is 4.79 Å². The van der Waals surface area contributed by atoms with Gasteiger partial charge < -0.3 is 5.32 Å². The maximum atomic E-state index is 12.1. The van der Waals surface area contributed by atoms with Gasteiger partial charge in [-0.05, 0) is 66.0 Å². The van der Waals surface area contributed by atoms with E-state index in [-0.39, 0.29) is 5.91 Å². The SMILES string of the molecule is Cc1ccc(C(=O)NCc2cc(C)c(C)s2)c(Br)c1. The van der Waals surface area contributed by atoms with E-state index in [0.29, 0.717) is 12.1 Å². The van der Waals surface area contributed by atoms with Crippen molar-refractivity contribution in [2.45, 2.75) is 27.3 Å². The highest BCUT2D eigenvalue weighted by Gasteiger charge is 2.10. The molecule has 0 aliphatic heterocycles. The zero-order valence-corrected chi connectivity index (χ0v) is 13.6. The van der Waals surface area contributed by atoms with Crippen LogP contribution in [0.15, 0.2) is 28.7 Å². The number of nitrogens with one attached hydrogen (secondary N) is 1. The molecule has 0 atom stereocenters. The van der Waals surface area contributed by atoms with Gasteiger partial charge in [0, 0.05) is 14.2 Å². The Morgan fingerprint density at radius 2 is 2.00 bits per heavy atom. The molecule has 0 saturated carbocycles. The van der Waals surface area contributed by atoms with E-state index in [9.17, 15) is 4.79 Å². The van der Waals surface area contributed by atoms with Gasteiger partial charge >= 0.3 is 0 Å². The van der Waals surface area contributed by atoms with E-state index in [4.69, 9.17) is 0 Å². The summed E-state index contributed by atoms with van der Waals surface area (Å²) in [4.78, 5) is 14.6. The molecule has 1 N–H and O–H groups in total. The first-order chi connectivity index (χ1) is 8.97. The summed E-state index contributed by atoms with van der Waals surface area (Å²) < 4.78 is 0.837. The molecule has 1 aromatic carbocycles. The molecule has 19 heavy (non-hydrogen) atoms. The van der Waals surface area contributed by atoms with Crippen LogP contribution in [-0.4, -0.2) is 5.91 Å². The highest BCUT2D eigenvalue weighted by molar-refractivity contribution is 9.10. The minimum atomic E-state index is -0.0458. The van der Waals surface area contributed by atoms with Gasteiger partial charge in [0.15, 0.2) is 0 Å². The van der Waals surface area contributed by atoms with Crippen molar-refractivity contribution in [3.8, 4) is 0 Å². The Morgan fingerprint density at radius 1 is 1.26 bits per heavy atom. The van der Waals surface area contributed by atoms with Gasteiger partial charge in [-0.1, -0.05) is 6.07 Å². The molecule has 0 saturated heterocycles. The summed E-state index contributed by atoms with van der Waals surface area (Å²) in [6.45, 7) is 6.78. The molecule has 0 radical (unpaired) electrons. The second kappa shape index (κ2) is 5.88. The second-order valence-corrected chi connectivity index (χ2v) is 6.81. The Labute approximate surface area is 126 Å². The van der Waals surface area contributed by atoms with Crippen LogP contribution in [0.4, 0.5) is 0 Å². The summed E-state index contributed by atoms with van der Waals surface area (Å²) in [6, 6.07) is 7.87. The van der Waals surface area contributed by atoms with E-state index < -0.39 is 0 Å². The predicted molar refractivity (Wildman–Crippen MR) is 83.8 cm³/mol. The monoisotopic (exact) mass is 337 g/mol. The number of aryl methyl sites for hydroxylation is 3. The zero-order valence-electron chi connectivity index (χ0n) is 11.2. The van der Waals surface area contributed by atoms with Crippen LogP contribution in [0, 0.1) is 20.8 Å². The lowest BCUT2D eigenvalue weighted by Gasteiger charge is -2.06. The molecule has 2 aromatic rings. The van der Waals surface area contributed by atoms with Gasteiger partial charge in [0.2, 0.25) is 0 Å². The van der Waals surface area contributed by atoms with Gasteiger partial charge in [0.25, 0.3) is 5.91 Å². The maximum absolute atomic E-state index is 12.1. The van der Waals surface area contributed by atoms with Crippen LogP contribution in [0.5, 0.6) is 0 Å².